The Bertz CT molecular complexity index is 1350. The Morgan fingerprint density at radius 3 is 2.12 bits per heavy atom. The second-order valence-corrected chi connectivity index (χ2v) is 12.6. The van der Waals surface area contributed by atoms with Crippen molar-refractivity contribution < 1.29 is 18.0 Å². The minimum absolute atomic E-state index is 0.127. The summed E-state index contributed by atoms with van der Waals surface area (Å²) < 4.78 is 29.7. The van der Waals surface area contributed by atoms with Crippen molar-refractivity contribution in [3.63, 3.8) is 0 Å². The van der Waals surface area contributed by atoms with Crippen LogP contribution < -0.4 is 9.62 Å². The molecule has 40 heavy (non-hydrogen) atoms. The lowest BCUT2D eigenvalue weighted by Crippen LogP contribution is -2.54. The molecule has 1 atom stereocenters. The highest BCUT2D eigenvalue weighted by Gasteiger charge is 2.34. The molecular formula is C30H37BrN4O4S. The molecule has 0 aromatic heterocycles. The molecule has 0 heterocycles. The van der Waals surface area contributed by atoms with Gasteiger partial charge in [-0.3, -0.25) is 9.59 Å². The van der Waals surface area contributed by atoms with E-state index in [0.717, 1.165) is 37.1 Å². The van der Waals surface area contributed by atoms with E-state index in [9.17, 15) is 18.0 Å². The van der Waals surface area contributed by atoms with Gasteiger partial charge in [-0.1, -0.05) is 89.9 Å². The lowest BCUT2D eigenvalue weighted by molar-refractivity contribution is -0.140. The summed E-state index contributed by atoms with van der Waals surface area (Å²) in [6, 6.07) is 24.7. The van der Waals surface area contributed by atoms with Crippen molar-refractivity contribution in [1.29, 1.82) is 0 Å². The number of benzene rings is 3. The van der Waals surface area contributed by atoms with Crippen molar-refractivity contribution in [1.82, 2.24) is 14.5 Å². The van der Waals surface area contributed by atoms with E-state index in [-0.39, 0.29) is 18.9 Å². The van der Waals surface area contributed by atoms with E-state index in [2.05, 4.69) is 21.2 Å². The molecule has 8 nitrogen and oxygen atoms in total. The van der Waals surface area contributed by atoms with Crippen LogP contribution >= 0.6 is 15.9 Å². The van der Waals surface area contributed by atoms with E-state index in [1.54, 1.807) is 30.3 Å². The van der Waals surface area contributed by atoms with E-state index >= 15 is 0 Å². The largest absolute Gasteiger partial charge is 0.354 e. The molecule has 2 amide bonds. The molecule has 0 saturated carbocycles. The Labute approximate surface area is 246 Å². The van der Waals surface area contributed by atoms with Gasteiger partial charge in [-0.05, 0) is 41.8 Å². The average Bonchev–Trinajstić information content (AvgIpc) is 2.94. The molecule has 0 spiro atoms. The van der Waals surface area contributed by atoms with Gasteiger partial charge < -0.3 is 10.2 Å². The summed E-state index contributed by atoms with van der Waals surface area (Å²) in [5.74, 6) is -0.761. The molecule has 3 rings (SSSR count). The Kier molecular flexibility index (Phi) is 11.7. The molecule has 3 aromatic carbocycles. The molecular weight excluding hydrogens is 592 g/mol. The van der Waals surface area contributed by atoms with Crippen molar-refractivity contribution in [3.8, 4) is 0 Å². The highest BCUT2D eigenvalue weighted by atomic mass is 79.9. The molecule has 1 unspecified atom stereocenters. The molecule has 1 N–H and O–H groups in total. The first kappa shape index (κ1) is 31.3. The third-order valence-electron chi connectivity index (χ3n) is 6.41. The zero-order valence-electron chi connectivity index (χ0n) is 23.2. The van der Waals surface area contributed by atoms with Gasteiger partial charge in [-0.15, -0.1) is 0 Å². The molecule has 3 aromatic rings. The summed E-state index contributed by atoms with van der Waals surface area (Å²) in [7, 11) is -1.16. The predicted octanol–water partition coefficient (Wildman–Crippen LogP) is 4.62. The second kappa shape index (κ2) is 15.0. The fraction of sp³-hybridized carbons (Fsp3) is 0.333. The van der Waals surface area contributed by atoms with Gasteiger partial charge in [0, 0.05) is 38.1 Å². The van der Waals surface area contributed by atoms with Crippen molar-refractivity contribution in [2.24, 2.45) is 0 Å². The highest BCUT2D eigenvalue weighted by Crippen LogP contribution is 2.22. The molecule has 0 saturated heterocycles. The average molecular weight is 630 g/mol. The third kappa shape index (κ3) is 8.64. The minimum atomic E-state index is -4.01. The van der Waals surface area contributed by atoms with Crippen LogP contribution in [-0.4, -0.2) is 62.7 Å². The number of para-hydroxylation sites is 1. The zero-order valence-corrected chi connectivity index (χ0v) is 25.6. The van der Waals surface area contributed by atoms with Gasteiger partial charge >= 0.3 is 10.2 Å². The summed E-state index contributed by atoms with van der Waals surface area (Å²) in [6.07, 6.45) is 2.01. The maximum absolute atomic E-state index is 14.2. The van der Waals surface area contributed by atoms with Gasteiger partial charge in [0.1, 0.15) is 12.6 Å². The van der Waals surface area contributed by atoms with E-state index < -0.39 is 28.7 Å². The number of carbonyl (C=O) groups excluding carboxylic acids is 2. The van der Waals surface area contributed by atoms with Crippen LogP contribution in [0.5, 0.6) is 0 Å². The molecule has 0 radical (unpaired) electrons. The second-order valence-electron chi connectivity index (χ2n) is 9.63. The predicted molar refractivity (Wildman–Crippen MR) is 163 cm³/mol. The Morgan fingerprint density at radius 1 is 0.900 bits per heavy atom. The van der Waals surface area contributed by atoms with Crippen LogP contribution in [-0.2, 0) is 32.8 Å². The molecule has 10 heteroatoms. The molecule has 0 fully saturated rings. The number of unbranched alkanes of at least 4 members (excludes halogenated alkanes) is 1. The minimum Gasteiger partial charge on any atom is -0.354 e. The number of nitrogens with zero attached hydrogens (tertiary/aromatic N) is 3. The number of amides is 2. The zero-order chi connectivity index (χ0) is 29.1. The number of halogens is 1. The third-order valence-corrected chi connectivity index (χ3v) is 8.72. The van der Waals surface area contributed by atoms with Gasteiger partial charge in [0.05, 0.1) is 5.69 Å². The maximum atomic E-state index is 14.2. The van der Waals surface area contributed by atoms with Gasteiger partial charge in [0.15, 0.2) is 0 Å². The number of hydrogen-bond acceptors (Lipinski definition) is 4. The van der Waals surface area contributed by atoms with Gasteiger partial charge in [0.25, 0.3) is 0 Å². The van der Waals surface area contributed by atoms with Crippen LogP contribution in [0.15, 0.2) is 89.4 Å². The van der Waals surface area contributed by atoms with Crippen LogP contribution in [0.2, 0.25) is 0 Å². The highest BCUT2D eigenvalue weighted by molar-refractivity contribution is 9.10. The maximum Gasteiger partial charge on any atom is 0.304 e. The first-order valence-corrected chi connectivity index (χ1v) is 15.4. The Morgan fingerprint density at radius 2 is 1.52 bits per heavy atom. The Hall–Kier alpha value is -3.21. The van der Waals surface area contributed by atoms with Crippen LogP contribution in [0.4, 0.5) is 5.69 Å². The lowest BCUT2D eigenvalue weighted by Gasteiger charge is -2.34. The quantitative estimate of drug-likeness (QED) is 0.264. The van der Waals surface area contributed by atoms with Crippen molar-refractivity contribution in [3.05, 3.63) is 101 Å². The summed E-state index contributed by atoms with van der Waals surface area (Å²) in [5.41, 5.74) is 2.06. The van der Waals surface area contributed by atoms with E-state index in [4.69, 9.17) is 0 Å². The normalized spacial score (nSPS) is 12.1. The van der Waals surface area contributed by atoms with Gasteiger partial charge in [-0.2, -0.15) is 12.7 Å². The lowest BCUT2D eigenvalue weighted by atomic mass is 10.0. The number of anilines is 1. The van der Waals surface area contributed by atoms with Crippen LogP contribution in [0.25, 0.3) is 0 Å². The summed E-state index contributed by atoms with van der Waals surface area (Å²) in [6.45, 7) is 2.19. The fourth-order valence-electron chi connectivity index (χ4n) is 4.20. The van der Waals surface area contributed by atoms with Gasteiger partial charge in [0.2, 0.25) is 11.8 Å². The Balaban J connectivity index is 2.05. The fourth-order valence-corrected chi connectivity index (χ4v) is 5.71. The van der Waals surface area contributed by atoms with Crippen molar-refractivity contribution >= 4 is 43.6 Å². The van der Waals surface area contributed by atoms with Crippen LogP contribution in [0.3, 0.4) is 0 Å². The molecule has 0 aliphatic heterocycles. The van der Waals surface area contributed by atoms with E-state index in [1.807, 2.05) is 61.5 Å². The summed E-state index contributed by atoms with van der Waals surface area (Å²) >= 11 is 3.49. The van der Waals surface area contributed by atoms with Crippen LogP contribution in [0.1, 0.15) is 30.9 Å². The standard InChI is InChI=1S/C30H37BrN4O4S/c1-4-5-19-32-30(37)28(21-24-13-8-6-9-14-24)34(22-25-15-12-16-26(31)20-25)29(36)23-35(40(38,39)33(2)3)27-17-10-7-11-18-27/h6-18,20,28H,4-5,19,21-23H2,1-3H3,(H,32,37). The first-order valence-electron chi connectivity index (χ1n) is 13.2. The smallest absolute Gasteiger partial charge is 0.304 e. The number of carbonyl (C=O) groups is 2. The number of rotatable bonds is 14. The monoisotopic (exact) mass is 628 g/mol. The molecule has 214 valence electrons. The topological polar surface area (TPSA) is 90.0 Å². The van der Waals surface area contributed by atoms with Gasteiger partial charge in [-0.25, -0.2) is 4.31 Å². The van der Waals surface area contributed by atoms with Crippen LogP contribution in [0, 0.1) is 0 Å². The van der Waals surface area contributed by atoms with E-state index in [1.165, 1.54) is 19.0 Å². The summed E-state index contributed by atoms with van der Waals surface area (Å²) in [5, 5.41) is 2.99. The molecule has 0 bridgehead atoms. The van der Waals surface area contributed by atoms with E-state index in [0.29, 0.717) is 12.2 Å². The first-order chi connectivity index (χ1) is 19.1. The van der Waals surface area contributed by atoms with Crippen molar-refractivity contribution in [2.75, 3.05) is 31.5 Å². The number of nitrogens with one attached hydrogen (secondary N) is 1. The SMILES string of the molecule is CCCCNC(=O)C(Cc1ccccc1)N(Cc1cccc(Br)c1)C(=O)CN(c1ccccc1)S(=O)(=O)N(C)C. The molecule has 0 aliphatic carbocycles. The summed E-state index contributed by atoms with van der Waals surface area (Å²) in [4.78, 5) is 29.3. The van der Waals surface area contributed by atoms with Crippen molar-refractivity contribution in [2.45, 2.75) is 38.8 Å². The molecule has 0 aliphatic rings. The number of hydrogen-bond donors (Lipinski definition) is 1.